The van der Waals surface area contributed by atoms with Crippen LogP contribution < -0.4 is 5.32 Å². The lowest BCUT2D eigenvalue weighted by Crippen LogP contribution is -2.34. The van der Waals surface area contributed by atoms with E-state index in [0.717, 1.165) is 18.5 Å². The van der Waals surface area contributed by atoms with Crippen LogP contribution in [0.1, 0.15) is 32.3 Å². The van der Waals surface area contributed by atoms with E-state index < -0.39 is 0 Å². The summed E-state index contributed by atoms with van der Waals surface area (Å²) >= 11 is 12.0. The van der Waals surface area contributed by atoms with E-state index in [1.54, 1.807) is 17.0 Å². The first kappa shape index (κ1) is 19.1. The molecule has 1 fully saturated rings. The van der Waals surface area contributed by atoms with Crippen LogP contribution in [0.2, 0.25) is 10.0 Å². The Kier molecular flexibility index (Phi) is 6.93. The van der Waals surface area contributed by atoms with Crippen LogP contribution in [0, 0.1) is 11.8 Å². The third kappa shape index (κ3) is 5.38. The second-order valence-corrected chi connectivity index (χ2v) is 7.54. The monoisotopic (exact) mass is 370 g/mol. The molecule has 0 aromatic heterocycles. The predicted octanol–water partition coefficient (Wildman–Crippen LogP) is 3.55. The smallest absolute Gasteiger partial charge is 0.225 e. The number of nitrogens with one attached hydrogen (secondary N) is 1. The van der Waals surface area contributed by atoms with Gasteiger partial charge in [0.05, 0.1) is 5.92 Å². The molecule has 1 aromatic carbocycles. The van der Waals surface area contributed by atoms with Crippen molar-refractivity contribution in [2.45, 2.75) is 33.1 Å². The Balaban J connectivity index is 1.77. The van der Waals surface area contributed by atoms with Gasteiger partial charge >= 0.3 is 0 Å². The Labute approximate surface area is 153 Å². The Morgan fingerprint density at radius 2 is 2.12 bits per heavy atom. The molecule has 1 heterocycles. The number of carbonyl (C=O) groups is 2. The topological polar surface area (TPSA) is 49.4 Å². The van der Waals surface area contributed by atoms with Crippen molar-refractivity contribution in [2.75, 3.05) is 19.6 Å². The van der Waals surface area contributed by atoms with E-state index in [2.05, 4.69) is 19.2 Å². The van der Waals surface area contributed by atoms with Crippen LogP contribution in [0.4, 0.5) is 0 Å². The van der Waals surface area contributed by atoms with Gasteiger partial charge in [0.2, 0.25) is 11.8 Å². The van der Waals surface area contributed by atoms with Gasteiger partial charge in [-0.2, -0.15) is 0 Å². The Bertz CT molecular complexity index is 605. The summed E-state index contributed by atoms with van der Waals surface area (Å²) in [6.07, 6.45) is 1.92. The number of carbonyl (C=O) groups excluding carboxylic acids is 2. The molecule has 2 amide bonds. The predicted molar refractivity (Wildman–Crippen MR) is 97.3 cm³/mol. The number of hydrogen-bond donors (Lipinski definition) is 1. The van der Waals surface area contributed by atoms with Crippen molar-refractivity contribution in [3.05, 3.63) is 33.8 Å². The molecule has 0 radical (unpaired) electrons. The summed E-state index contributed by atoms with van der Waals surface area (Å²) < 4.78 is 0. The fraction of sp³-hybridized carbons (Fsp3) is 0.556. The van der Waals surface area contributed by atoms with Crippen molar-refractivity contribution in [1.82, 2.24) is 10.2 Å². The lowest BCUT2D eigenvalue weighted by Gasteiger charge is -2.17. The fourth-order valence-corrected chi connectivity index (χ4v) is 3.27. The SMILES string of the molecule is CC(C)CCN1CC(C(=O)NCCc2ccc(Cl)cc2Cl)CC1=O. The number of halogens is 2. The van der Waals surface area contributed by atoms with Gasteiger partial charge in [0.1, 0.15) is 0 Å². The third-order valence-electron chi connectivity index (χ3n) is 4.27. The maximum atomic E-state index is 12.3. The lowest BCUT2D eigenvalue weighted by atomic mass is 10.1. The summed E-state index contributed by atoms with van der Waals surface area (Å²) in [5, 5.41) is 4.11. The largest absolute Gasteiger partial charge is 0.355 e. The quantitative estimate of drug-likeness (QED) is 0.797. The molecule has 0 saturated carbocycles. The zero-order valence-corrected chi connectivity index (χ0v) is 15.7. The standard InChI is InChI=1S/C18H24Cl2N2O2/c1-12(2)6-8-22-11-14(9-17(22)23)18(24)21-7-5-13-3-4-15(19)10-16(13)20/h3-4,10,12,14H,5-9,11H2,1-2H3,(H,21,24). The minimum absolute atomic E-state index is 0.0551. The Hall–Kier alpha value is -1.26. The first-order valence-electron chi connectivity index (χ1n) is 8.36. The van der Waals surface area contributed by atoms with Crippen LogP contribution in [0.15, 0.2) is 18.2 Å². The molecule has 1 atom stereocenters. The van der Waals surface area contributed by atoms with E-state index in [0.29, 0.717) is 41.9 Å². The van der Waals surface area contributed by atoms with Gasteiger partial charge in [-0.1, -0.05) is 43.1 Å². The summed E-state index contributed by atoms with van der Waals surface area (Å²) in [7, 11) is 0. The molecule has 132 valence electrons. The molecular formula is C18H24Cl2N2O2. The van der Waals surface area contributed by atoms with Crippen LogP contribution in [0.3, 0.4) is 0 Å². The van der Waals surface area contributed by atoms with Gasteiger partial charge in [0, 0.05) is 36.1 Å². The fourth-order valence-electron chi connectivity index (χ4n) is 2.77. The van der Waals surface area contributed by atoms with Gasteiger partial charge in [-0.3, -0.25) is 9.59 Å². The molecule has 0 spiro atoms. The summed E-state index contributed by atoms with van der Waals surface area (Å²) in [6.45, 7) is 6.02. The highest BCUT2D eigenvalue weighted by molar-refractivity contribution is 6.35. The highest BCUT2D eigenvalue weighted by Gasteiger charge is 2.33. The van der Waals surface area contributed by atoms with E-state index >= 15 is 0 Å². The molecule has 1 aliphatic heterocycles. The van der Waals surface area contributed by atoms with Crippen LogP contribution >= 0.6 is 23.2 Å². The zero-order valence-electron chi connectivity index (χ0n) is 14.1. The first-order chi connectivity index (χ1) is 11.4. The maximum absolute atomic E-state index is 12.3. The van der Waals surface area contributed by atoms with Crippen molar-refractivity contribution >= 4 is 35.0 Å². The van der Waals surface area contributed by atoms with Gasteiger partial charge in [-0.15, -0.1) is 0 Å². The molecule has 24 heavy (non-hydrogen) atoms. The number of benzene rings is 1. The molecule has 2 rings (SSSR count). The number of nitrogens with zero attached hydrogens (tertiary/aromatic N) is 1. The zero-order chi connectivity index (χ0) is 17.7. The molecule has 0 bridgehead atoms. The van der Waals surface area contributed by atoms with Crippen LogP contribution in [-0.2, 0) is 16.0 Å². The average Bonchev–Trinajstić information content (AvgIpc) is 2.88. The highest BCUT2D eigenvalue weighted by Crippen LogP contribution is 2.22. The van der Waals surface area contributed by atoms with Crippen LogP contribution in [0.25, 0.3) is 0 Å². The van der Waals surface area contributed by atoms with Crippen LogP contribution in [0.5, 0.6) is 0 Å². The van der Waals surface area contributed by atoms with Gasteiger partial charge in [0.15, 0.2) is 0 Å². The normalized spacial score (nSPS) is 17.6. The second kappa shape index (κ2) is 8.72. The van der Waals surface area contributed by atoms with Gasteiger partial charge < -0.3 is 10.2 Å². The van der Waals surface area contributed by atoms with Gasteiger partial charge in [-0.25, -0.2) is 0 Å². The van der Waals surface area contributed by atoms with Crippen molar-refractivity contribution in [2.24, 2.45) is 11.8 Å². The average molecular weight is 371 g/mol. The van der Waals surface area contributed by atoms with E-state index in [9.17, 15) is 9.59 Å². The van der Waals surface area contributed by atoms with Crippen molar-refractivity contribution in [1.29, 1.82) is 0 Å². The van der Waals surface area contributed by atoms with Crippen LogP contribution in [-0.4, -0.2) is 36.3 Å². The molecule has 1 aromatic rings. The third-order valence-corrected chi connectivity index (χ3v) is 4.86. The van der Waals surface area contributed by atoms with Crippen molar-refractivity contribution in [3.8, 4) is 0 Å². The van der Waals surface area contributed by atoms with Gasteiger partial charge in [-0.05, 0) is 36.5 Å². The molecular weight excluding hydrogens is 347 g/mol. The summed E-state index contributed by atoms with van der Waals surface area (Å²) in [4.78, 5) is 26.1. The summed E-state index contributed by atoms with van der Waals surface area (Å²) in [6, 6.07) is 5.35. The molecule has 1 aliphatic rings. The van der Waals surface area contributed by atoms with E-state index in [4.69, 9.17) is 23.2 Å². The molecule has 1 N–H and O–H groups in total. The first-order valence-corrected chi connectivity index (χ1v) is 9.12. The molecule has 1 unspecified atom stereocenters. The molecule has 6 heteroatoms. The number of likely N-dealkylation sites (tertiary alicyclic amines) is 1. The number of hydrogen-bond acceptors (Lipinski definition) is 2. The minimum Gasteiger partial charge on any atom is -0.355 e. The summed E-state index contributed by atoms with van der Waals surface area (Å²) in [5.74, 6) is 0.331. The van der Waals surface area contributed by atoms with E-state index in [1.165, 1.54) is 0 Å². The van der Waals surface area contributed by atoms with Crippen molar-refractivity contribution in [3.63, 3.8) is 0 Å². The molecule has 0 aliphatic carbocycles. The molecule has 1 saturated heterocycles. The number of rotatable bonds is 7. The Morgan fingerprint density at radius 1 is 1.38 bits per heavy atom. The van der Waals surface area contributed by atoms with Crippen molar-refractivity contribution < 1.29 is 9.59 Å². The highest BCUT2D eigenvalue weighted by atomic mass is 35.5. The summed E-state index contributed by atoms with van der Waals surface area (Å²) in [5.41, 5.74) is 0.947. The van der Waals surface area contributed by atoms with E-state index in [1.807, 2.05) is 6.07 Å². The molecule has 4 nitrogen and oxygen atoms in total. The number of amides is 2. The second-order valence-electron chi connectivity index (χ2n) is 6.70. The maximum Gasteiger partial charge on any atom is 0.225 e. The van der Waals surface area contributed by atoms with Gasteiger partial charge in [0.25, 0.3) is 0 Å². The lowest BCUT2D eigenvalue weighted by molar-refractivity contribution is -0.129. The Morgan fingerprint density at radius 3 is 2.79 bits per heavy atom. The minimum atomic E-state index is -0.245. The van der Waals surface area contributed by atoms with E-state index in [-0.39, 0.29) is 17.7 Å².